The highest BCUT2D eigenvalue weighted by Crippen LogP contribution is 2.26. The van der Waals surface area contributed by atoms with Gasteiger partial charge in [-0.15, -0.1) is 5.26 Å². The molecule has 0 radical (unpaired) electrons. The summed E-state index contributed by atoms with van der Waals surface area (Å²) in [6, 6.07) is 0. The van der Waals surface area contributed by atoms with E-state index in [-0.39, 0.29) is 11.9 Å². The van der Waals surface area contributed by atoms with E-state index >= 15 is 0 Å². The van der Waals surface area contributed by atoms with Crippen LogP contribution in [-0.2, 0) is 9.53 Å². The lowest BCUT2D eigenvalue weighted by Gasteiger charge is -2.20. The fraction of sp³-hybridized carbons (Fsp3) is 0.667. The molecule has 1 aliphatic carbocycles. The largest absolute Gasteiger partial charge is 0.351 e. The average molecular weight is 125 g/mol. The van der Waals surface area contributed by atoms with Crippen molar-refractivity contribution in [2.24, 2.45) is 5.92 Å². The van der Waals surface area contributed by atoms with Gasteiger partial charge in [0, 0.05) is 0 Å². The van der Waals surface area contributed by atoms with Crippen LogP contribution in [0.25, 0.3) is 0 Å². The predicted octanol–water partition coefficient (Wildman–Crippen LogP) is 0.811. The molecule has 3 heteroatoms. The second-order valence-corrected chi connectivity index (χ2v) is 2.14. The van der Waals surface area contributed by atoms with Crippen LogP contribution in [0.1, 0.15) is 19.3 Å². The van der Waals surface area contributed by atoms with Gasteiger partial charge in [-0.05, 0) is 12.8 Å². The van der Waals surface area contributed by atoms with Crippen LogP contribution >= 0.6 is 0 Å². The van der Waals surface area contributed by atoms with E-state index in [4.69, 9.17) is 5.26 Å². The Bertz CT molecular complexity index is 155. The molecule has 0 aromatic rings. The molecular formula is C6H7NO2. The molecule has 0 heterocycles. The first-order valence-corrected chi connectivity index (χ1v) is 2.94. The molecule has 0 bridgehead atoms. The van der Waals surface area contributed by atoms with Crippen molar-refractivity contribution in [3.8, 4) is 6.26 Å². The third kappa shape index (κ3) is 1.20. The fourth-order valence-corrected chi connectivity index (χ4v) is 0.772. The van der Waals surface area contributed by atoms with Crippen LogP contribution in [0.15, 0.2) is 0 Å². The van der Waals surface area contributed by atoms with Crippen LogP contribution in [0.2, 0.25) is 0 Å². The van der Waals surface area contributed by atoms with E-state index in [1.54, 1.807) is 0 Å². The normalized spacial score (nSPS) is 17.7. The molecule has 0 unspecified atom stereocenters. The van der Waals surface area contributed by atoms with Crippen molar-refractivity contribution in [2.75, 3.05) is 0 Å². The van der Waals surface area contributed by atoms with Gasteiger partial charge in [0.15, 0.2) is 0 Å². The van der Waals surface area contributed by atoms with Gasteiger partial charge in [-0.1, -0.05) is 6.42 Å². The second kappa shape index (κ2) is 2.49. The molecular weight excluding hydrogens is 118 g/mol. The predicted molar refractivity (Wildman–Crippen MR) is 29.0 cm³/mol. The molecule has 0 aliphatic heterocycles. The summed E-state index contributed by atoms with van der Waals surface area (Å²) in [7, 11) is 0. The van der Waals surface area contributed by atoms with Crippen LogP contribution in [-0.4, -0.2) is 5.97 Å². The average Bonchev–Trinajstić information content (AvgIpc) is 1.60. The van der Waals surface area contributed by atoms with Gasteiger partial charge < -0.3 is 4.74 Å². The van der Waals surface area contributed by atoms with Gasteiger partial charge in [0.25, 0.3) is 6.26 Å². The fourth-order valence-electron chi connectivity index (χ4n) is 0.772. The first-order valence-electron chi connectivity index (χ1n) is 2.94. The van der Waals surface area contributed by atoms with Gasteiger partial charge in [-0.2, -0.15) is 0 Å². The van der Waals surface area contributed by atoms with Gasteiger partial charge in [-0.3, -0.25) is 4.79 Å². The van der Waals surface area contributed by atoms with E-state index < -0.39 is 0 Å². The number of carbonyl (C=O) groups is 1. The molecule has 0 amide bonds. The van der Waals surface area contributed by atoms with Crippen molar-refractivity contribution in [1.29, 1.82) is 5.26 Å². The van der Waals surface area contributed by atoms with Crippen LogP contribution in [0.4, 0.5) is 0 Å². The molecule has 0 atom stereocenters. The van der Waals surface area contributed by atoms with Crippen molar-refractivity contribution < 1.29 is 9.53 Å². The zero-order valence-electron chi connectivity index (χ0n) is 4.96. The second-order valence-electron chi connectivity index (χ2n) is 2.14. The Balaban J connectivity index is 2.26. The van der Waals surface area contributed by atoms with E-state index in [9.17, 15) is 4.79 Å². The van der Waals surface area contributed by atoms with Gasteiger partial charge in [0.1, 0.15) is 0 Å². The number of carbonyl (C=O) groups excluding carboxylic acids is 1. The minimum atomic E-state index is -0.358. The summed E-state index contributed by atoms with van der Waals surface area (Å²) in [6.07, 6.45) is 4.23. The van der Waals surface area contributed by atoms with Crippen LogP contribution in [0.3, 0.4) is 0 Å². The summed E-state index contributed by atoms with van der Waals surface area (Å²) in [4.78, 5) is 10.6. The van der Waals surface area contributed by atoms with Crippen molar-refractivity contribution in [3.05, 3.63) is 0 Å². The van der Waals surface area contributed by atoms with Crippen molar-refractivity contribution in [1.82, 2.24) is 0 Å². The number of hydrogen-bond donors (Lipinski definition) is 0. The molecule has 0 spiro atoms. The third-order valence-electron chi connectivity index (χ3n) is 1.58. The maximum Gasteiger partial charge on any atom is 0.324 e. The summed E-state index contributed by atoms with van der Waals surface area (Å²) in [5, 5.41) is 7.91. The Labute approximate surface area is 53.2 Å². The molecule has 3 nitrogen and oxygen atoms in total. The lowest BCUT2D eigenvalue weighted by Crippen LogP contribution is -2.22. The van der Waals surface area contributed by atoms with Crippen LogP contribution in [0.5, 0.6) is 0 Å². The summed E-state index contributed by atoms with van der Waals surface area (Å²) in [5.74, 6) is -0.339. The van der Waals surface area contributed by atoms with Gasteiger partial charge in [-0.25, -0.2) is 0 Å². The Morgan fingerprint density at radius 2 is 2.33 bits per heavy atom. The van der Waals surface area contributed by atoms with Crippen LogP contribution in [0, 0.1) is 17.4 Å². The summed E-state index contributed by atoms with van der Waals surface area (Å²) in [5.41, 5.74) is 0. The Morgan fingerprint density at radius 1 is 1.67 bits per heavy atom. The Hall–Kier alpha value is -1.04. The van der Waals surface area contributed by atoms with E-state index in [2.05, 4.69) is 4.74 Å². The Morgan fingerprint density at radius 3 is 2.67 bits per heavy atom. The van der Waals surface area contributed by atoms with E-state index in [0.29, 0.717) is 0 Å². The first kappa shape index (κ1) is 6.09. The minimum absolute atomic E-state index is 0.0182. The molecule has 48 valence electrons. The highest BCUT2D eigenvalue weighted by atomic mass is 16.5. The summed E-state index contributed by atoms with van der Waals surface area (Å²) < 4.78 is 4.11. The molecule has 1 aliphatic rings. The zero-order valence-corrected chi connectivity index (χ0v) is 4.96. The van der Waals surface area contributed by atoms with E-state index in [1.165, 1.54) is 6.26 Å². The molecule has 1 rings (SSSR count). The molecule has 0 aromatic carbocycles. The zero-order chi connectivity index (χ0) is 6.69. The van der Waals surface area contributed by atoms with E-state index in [1.807, 2.05) is 0 Å². The lowest BCUT2D eigenvalue weighted by molar-refractivity contribution is -0.144. The van der Waals surface area contributed by atoms with Crippen LogP contribution < -0.4 is 0 Å². The quantitative estimate of drug-likeness (QED) is 0.385. The summed E-state index contributed by atoms with van der Waals surface area (Å²) in [6.45, 7) is 0. The minimum Gasteiger partial charge on any atom is -0.351 e. The van der Waals surface area contributed by atoms with Crippen molar-refractivity contribution >= 4 is 5.97 Å². The maximum absolute atomic E-state index is 10.6. The highest BCUT2D eigenvalue weighted by molar-refractivity contribution is 5.74. The number of ether oxygens (including phenoxy) is 1. The molecule has 0 aromatic heterocycles. The third-order valence-corrected chi connectivity index (χ3v) is 1.58. The highest BCUT2D eigenvalue weighted by Gasteiger charge is 2.26. The molecule has 1 fully saturated rings. The molecule has 1 saturated carbocycles. The van der Waals surface area contributed by atoms with Crippen molar-refractivity contribution in [2.45, 2.75) is 19.3 Å². The Kier molecular flexibility index (Phi) is 1.69. The topological polar surface area (TPSA) is 50.1 Å². The molecule has 0 N–H and O–H groups in total. The van der Waals surface area contributed by atoms with Crippen molar-refractivity contribution in [3.63, 3.8) is 0 Å². The smallest absolute Gasteiger partial charge is 0.324 e. The number of nitrogens with zero attached hydrogens (tertiary/aromatic N) is 1. The number of nitriles is 1. The molecule has 9 heavy (non-hydrogen) atoms. The number of rotatable bonds is 1. The van der Waals surface area contributed by atoms with E-state index in [0.717, 1.165) is 19.3 Å². The van der Waals surface area contributed by atoms with Gasteiger partial charge in [0.2, 0.25) is 0 Å². The number of hydrogen-bond acceptors (Lipinski definition) is 3. The lowest BCUT2D eigenvalue weighted by atomic mass is 9.86. The first-order chi connectivity index (χ1) is 4.34. The standard InChI is InChI=1S/C6H7NO2/c7-4-9-6(8)5-2-1-3-5/h5H,1-3H2. The molecule has 0 saturated heterocycles. The van der Waals surface area contributed by atoms with Gasteiger partial charge >= 0.3 is 5.97 Å². The number of esters is 1. The maximum atomic E-state index is 10.6. The summed E-state index contributed by atoms with van der Waals surface area (Å²) >= 11 is 0. The van der Waals surface area contributed by atoms with Gasteiger partial charge in [0.05, 0.1) is 5.92 Å². The monoisotopic (exact) mass is 125 g/mol. The SMILES string of the molecule is N#COC(=O)C1CCC1.